The van der Waals surface area contributed by atoms with E-state index in [4.69, 9.17) is 5.11 Å². The predicted octanol–water partition coefficient (Wildman–Crippen LogP) is 3.05. The fourth-order valence-electron chi connectivity index (χ4n) is 3.53. The minimum absolute atomic E-state index is 0.134. The van der Waals surface area contributed by atoms with Crippen molar-refractivity contribution in [3.05, 3.63) is 66.4 Å². The van der Waals surface area contributed by atoms with Gasteiger partial charge in [-0.15, -0.1) is 0 Å². The van der Waals surface area contributed by atoms with Crippen LogP contribution in [0, 0.1) is 0 Å². The van der Waals surface area contributed by atoms with Gasteiger partial charge < -0.3 is 15.3 Å². The number of nitrogens with one attached hydrogen (secondary N) is 1. The molecule has 0 fully saturated rings. The number of rotatable bonds is 7. The fraction of sp³-hybridized carbons (Fsp3) is 0.250. The molecule has 0 saturated carbocycles. The number of Topliss-reactive ketones (excluding diaryl/α,β-unsaturated/α-hetero) is 1. The molecule has 0 unspecified atom stereocenters. The Balaban J connectivity index is 2.05. The van der Waals surface area contributed by atoms with Crippen LogP contribution >= 0.6 is 0 Å². The van der Waals surface area contributed by atoms with E-state index in [9.17, 15) is 19.2 Å². The summed E-state index contributed by atoms with van der Waals surface area (Å²) in [5.41, 5.74) is 2.44. The number of aliphatic carboxylic acids is 1. The molecule has 3 rings (SSSR count). The van der Waals surface area contributed by atoms with Crippen molar-refractivity contribution in [3.8, 4) is 11.1 Å². The molecular weight excluding hydrogens is 410 g/mol. The van der Waals surface area contributed by atoms with Crippen molar-refractivity contribution in [2.75, 3.05) is 18.0 Å². The lowest BCUT2D eigenvalue weighted by molar-refractivity contribution is -0.137. The summed E-state index contributed by atoms with van der Waals surface area (Å²) < 4.78 is 0. The molecule has 1 heterocycles. The second kappa shape index (κ2) is 9.91. The maximum atomic E-state index is 13.1. The quantitative estimate of drug-likeness (QED) is 0.650. The van der Waals surface area contributed by atoms with Crippen molar-refractivity contribution < 1.29 is 24.3 Å². The van der Waals surface area contributed by atoms with Crippen molar-refractivity contribution >= 4 is 29.4 Å². The molecule has 1 aliphatic heterocycles. The zero-order chi connectivity index (χ0) is 23.3. The average molecular weight is 435 g/mol. The number of carboxylic acid groups (broad SMARTS) is 1. The van der Waals surface area contributed by atoms with Crippen molar-refractivity contribution in [2.45, 2.75) is 26.3 Å². The lowest BCUT2D eigenvalue weighted by Gasteiger charge is -2.35. The van der Waals surface area contributed by atoms with E-state index in [2.05, 4.69) is 5.32 Å². The maximum absolute atomic E-state index is 13.1. The van der Waals surface area contributed by atoms with Crippen LogP contribution in [0.25, 0.3) is 11.1 Å². The van der Waals surface area contributed by atoms with E-state index >= 15 is 0 Å². The van der Waals surface area contributed by atoms with Gasteiger partial charge in [0.25, 0.3) is 5.91 Å². The Hall–Kier alpha value is -3.94. The first kappa shape index (κ1) is 22.7. The molecule has 0 aliphatic carbocycles. The lowest BCUT2D eigenvalue weighted by Crippen LogP contribution is -2.59. The minimum Gasteiger partial charge on any atom is -0.481 e. The first-order valence-electron chi connectivity index (χ1n) is 10.3. The average Bonchev–Trinajstić information content (AvgIpc) is 2.79. The molecule has 0 aromatic heterocycles. The standard InChI is InChI=1S/C24H25N3O5/c1-3-26-15-16(2)22(30)21(23(26)31)27(24(32)25-13-12-20(28)29)19-11-7-10-18(14-19)17-8-5-4-6-9-17/h4-11,14-15,21H,3,12-13H2,1-2H3,(H,25,32)(H,28,29)/t21-/m0/s1. The van der Waals surface area contributed by atoms with Gasteiger partial charge in [-0.25, -0.2) is 4.79 Å². The van der Waals surface area contributed by atoms with Crippen LogP contribution in [0.2, 0.25) is 0 Å². The molecule has 1 aliphatic rings. The highest BCUT2D eigenvalue weighted by Crippen LogP contribution is 2.28. The first-order valence-corrected chi connectivity index (χ1v) is 10.3. The summed E-state index contributed by atoms with van der Waals surface area (Å²) in [6.07, 6.45) is 1.21. The second-order valence-corrected chi connectivity index (χ2v) is 7.37. The van der Waals surface area contributed by atoms with Crippen LogP contribution in [-0.4, -0.2) is 52.8 Å². The summed E-state index contributed by atoms with van der Waals surface area (Å²) in [6.45, 7) is 3.59. The molecule has 2 N–H and O–H groups in total. The minimum atomic E-state index is -1.38. The summed E-state index contributed by atoms with van der Waals surface area (Å²) in [5.74, 6) is -2.05. The van der Waals surface area contributed by atoms with Gasteiger partial charge in [0.05, 0.1) is 6.42 Å². The number of hydrogen-bond acceptors (Lipinski definition) is 4. The van der Waals surface area contributed by atoms with Crippen LogP contribution in [0.1, 0.15) is 20.3 Å². The molecule has 0 bridgehead atoms. The third kappa shape index (κ3) is 4.85. The van der Waals surface area contributed by atoms with Crippen LogP contribution in [0.4, 0.5) is 10.5 Å². The SMILES string of the molecule is CCN1C=C(C)C(=O)[C@H](N(C(=O)NCCC(=O)O)c2cccc(-c3ccccc3)c2)C1=O. The lowest BCUT2D eigenvalue weighted by atomic mass is 9.98. The van der Waals surface area contributed by atoms with Crippen molar-refractivity contribution in [3.63, 3.8) is 0 Å². The molecule has 3 amide bonds. The van der Waals surface area contributed by atoms with E-state index < -0.39 is 29.7 Å². The number of benzene rings is 2. The normalized spacial score (nSPS) is 15.9. The highest BCUT2D eigenvalue weighted by molar-refractivity contribution is 6.21. The molecule has 166 valence electrons. The molecular formula is C24H25N3O5. The van der Waals surface area contributed by atoms with E-state index in [0.717, 1.165) is 16.0 Å². The zero-order valence-corrected chi connectivity index (χ0v) is 17.9. The predicted molar refractivity (Wildman–Crippen MR) is 120 cm³/mol. The maximum Gasteiger partial charge on any atom is 0.323 e. The van der Waals surface area contributed by atoms with Gasteiger partial charge in [-0.3, -0.25) is 19.3 Å². The van der Waals surface area contributed by atoms with E-state index in [1.165, 1.54) is 11.1 Å². The molecule has 0 spiro atoms. The number of ketones is 1. The Kier molecular flexibility index (Phi) is 7.04. The molecule has 8 nitrogen and oxygen atoms in total. The summed E-state index contributed by atoms with van der Waals surface area (Å²) in [5, 5.41) is 11.4. The van der Waals surface area contributed by atoms with Crippen molar-refractivity contribution in [1.82, 2.24) is 10.2 Å². The number of hydrogen-bond donors (Lipinski definition) is 2. The third-order valence-electron chi connectivity index (χ3n) is 5.17. The molecule has 8 heteroatoms. The number of carbonyl (C=O) groups is 4. The highest BCUT2D eigenvalue weighted by Gasteiger charge is 2.42. The van der Waals surface area contributed by atoms with Crippen LogP contribution in [0.3, 0.4) is 0 Å². The summed E-state index contributed by atoms with van der Waals surface area (Å²) in [7, 11) is 0. The van der Waals surface area contributed by atoms with Crippen LogP contribution in [-0.2, 0) is 14.4 Å². The first-order chi connectivity index (χ1) is 15.3. The van der Waals surface area contributed by atoms with Gasteiger partial charge >= 0.3 is 12.0 Å². The topological polar surface area (TPSA) is 107 Å². The number of carboxylic acids is 1. The fourth-order valence-corrected chi connectivity index (χ4v) is 3.53. The van der Waals surface area contributed by atoms with E-state index in [1.54, 1.807) is 32.0 Å². The van der Waals surface area contributed by atoms with Crippen molar-refractivity contribution in [1.29, 1.82) is 0 Å². The molecule has 32 heavy (non-hydrogen) atoms. The Morgan fingerprint density at radius 3 is 2.41 bits per heavy atom. The number of urea groups is 1. The molecule has 2 aromatic carbocycles. The monoisotopic (exact) mass is 435 g/mol. The van der Waals surface area contributed by atoms with Crippen LogP contribution < -0.4 is 10.2 Å². The van der Waals surface area contributed by atoms with Gasteiger partial charge in [0.2, 0.25) is 0 Å². The van der Waals surface area contributed by atoms with Gasteiger partial charge in [0, 0.05) is 30.5 Å². The smallest absolute Gasteiger partial charge is 0.323 e. The Bertz CT molecular complexity index is 1060. The molecule has 1 atom stereocenters. The number of nitrogens with zero attached hydrogens (tertiary/aromatic N) is 2. The van der Waals surface area contributed by atoms with E-state index in [1.807, 2.05) is 36.4 Å². The number of anilines is 1. The number of likely N-dealkylation sites (N-methyl/N-ethyl adjacent to an activating group) is 1. The molecule has 2 aromatic rings. The third-order valence-corrected chi connectivity index (χ3v) is 5.17. The Morgan fingerprint density at radius 2 is 1.75 bits per heavy atom. The Labute approximate surface area is 186 Å². The summed E-state index contributed by atoms with van der Waals surface area (Å²) in [4.78, 5) is 52.7. The number of amides is 3. The summed E-state index contributed by atoms with van der Waals surface area (Å²) >= 11 is 0. The van der Waals surface area contributed by atoms with E-state index in [0.29, 0.717) is 17.8 Å². The zero-order valence-electron chi connectivity index (χ0n) is 17.9. The molecule has 0 saturated heterocycles. The van der Waals surface area contributed by atoms with Crippen LogP contribution in [0.15, 0.2) is 66.4 Å². The van der Waals surface area contributed by atoms with Gasteiger partial charge in [-0.05, 0) is 37.1 Å². The van der Waals surface area contributed by atoms with Gasteiger partial charge in [-0.2, -0.15) is 0 Å². The Morgan fingerprint density at radius 1 is 1.06 bits per heavy atom. The van der Waals surface area contributed by atoms with Crippen LogP contribution in [0.5, 0.6) is 0 Å². The highest BCUT2D eigenvalue weighted by atomic mass is 16.4. The molecule has 0 radical (unpaired) electrons. The largest absolute Gasteiger partial charge is 0.481 e. The number of carbonyl (C=O) groups excluding carboxylic acids is 3. The second-order valence-electron chi connectivity index (χ2n) is 7.37. The van der Waals surface area contributed by atoms with E-state index in [-0.39, 0.29) is 13.0 Å². The summed E-state index contributed by atoms with van der Waals surface area (Å²) in [6, 6.07) is 14.4. The van der Waals surface area contributed by atoms with Gasteiger partial charge in [0.1, 0.15) is 0 Å². The van der Waals surface area contributed by atoms with Gasteiger partial charge in [-0.1, -0.05) is 42.5 Å². The van der Waals surface area contributed by atoms with Crippen molar-refractivity contribution in [2.24, 2.45) is 0 Å². The van der Waals surface area contributed by atoms with Gasteiger partial charge in [0.15, 0.2) is 11.8 Å².